The van der Waals surface area contributed by atoms with Crippen LogP contribution in [0.1, 0.15) is 33.2 Å². The second-order valence-corrected chi connectivity index (χ2v) is 8.67. The number of hydrogen-bond acceptors (Lipinski definition) is 7. The highest BCUT2D eigenvalue weighted by Crippen LogP contribution is 2.20. The van der Waals surface area contributed by atoms with E-state index in [-0.39, 0.29) is 18.4 Å². The predicted molar refractivity (Wildman–Crippen MR) is 117 cm³/mol. The van der Waals surface area contributed by atoms with Crippen LogP contribution >= 0.6 is 21.6 Å². The number of carbonyl (C=O) groups excluding carboxylic acids is 3. The van der Waals surface area contributed by atoms with E-state index in [9.17, 15) is 14.4 Å². The first-order chi connectivity index (χ1) is 14.0. The number of ketones is 1. The topological polar surface area (TPSA) is 69.7 Å². The van der Waals surface area contributed by atoms with Crippen molar-refractivity contribution in [3.05, 3.63) is 83.4 Å². The first-order valence-corrected chi connectivity index (χ1v) is 11.4. The smallest absolute Gasteiger partial charge is 0.338 e. The van der Waals surface area contributed by atoms with Crippen molar-refractivity contribution in [2.24, 2.45) is 0 Å². The van der Waals surface area contributed by atoms with Gasteiger partial charge >= 0.3 is 11.9 Å². The number of rotatable bonds is 11. The minimum Gasteiger partial charge on any atom is -0.461 e. The number of esters is 2. The predicted octanol–water partition coefficient (Wildman–Crippen LogP) is 4.58. The van der Waals surface area contributed by atoms with E-state index >= 15 is 0 Å². The lowest BCUT2D eigenvalue weighted by Gasteiger charge is -2.06. The zero-order valence-electron chi connectivity index (χ0n) is 16.1. The molecule has 0 saturated heterocycles. The Morgan fingerprint density at radius 2 is 1.31 bits per heavy atom. The van der Waals surface area contributed by atoms with E-state index in [0.29, 0.717) is 40.4 Å². The van der Waals surface area contributed by atoms with Gasteiger partial charge in [-0.15, -0.1) is 0 Å². The molecule has 2 aromatic rings. The molecule has 0 aromatic heterocycles. The third kappa shape index (κ3) is 7.79. The first kappa shape index (κ1) is 22.8. The highest BCUT2D eigenvalue weighted by atomic mass is 33.1. The van der Waals surface area contributed by atoms with Crippen LogP contribution in [0.3, 0.4) is 0 Å². The quantitative estimate of drug-likeness (QED) is 0.170. The summed E-state index contributed by atoms with van der Waals surface area (Å²) in [4.78, 5) is 35.6. The largest absolute Gasteiger partial charge is 0.461 e. The van der Waals surface area contributed by atoms with Crippen molar-refractivity contribution in [2.45, 2.75) is 6.92 Å². The summed E-state index contributed by atoms with van der Waals surface area (Å²) in [7, 11) is 3.07. The molecule has 0 aliphatic rings. The van der Waals surface area contributed by atoms with Crippen molar-refractivity contribution in [2.75, 3.05) is 24.7 Å². The lowest BCUT2D eigenvalue weighted by Crippen LogP contribution is -2.09. The Morgan fingerprint density at radius 1 is 0.793 bits per heavy atom. The summed E-state index contributed by atoms with van der Waals surface area (Å²) in [6.07, 6.45) is 0. The van der Waals surface area contributed by atoms with Gasteiger partial charge in [0.25, 0.3) is 0 Å². The van der Waals surface area contributed by atoms with Crippen LogP contribution in [-0.2, 0) is 14.3 Å². The molecule has 0 spiro atoms. The maximum atomic E-state index is 12.4. The van der Waals surface area contributed by atoms with Crippen molar-refractivity contribution >= 4 is 39.3 Å². The lowest BCUT2D eigenvalue weighted by molar-refractivity contribution is -0.138. The Balaban J connectivity index is 1.66. The van der Waals surface area contributed by atoms with Crippen LogP contribution < -0.4 is 0 Å². The van der Waals surface area contributed by atoms with Crippen LogP contribution in [0.15, 0.2) is 66.7 Å². The van der Waals surface area contributed by atoms with Crippen molar-refractivity contribution in [1.29, 1.82) is 0 Å². The molecule has 0 radical (unpaired) electrons. The summed E-state index contributed by atoms with van der Waals surface area (Å²) >= 11 is 0. The minimum absolute atomic E-state index is 0.0899. The van der Waals surface area contributed by atoms with Gasteiger partial charge in [-0.1, -0.05) is 70.6 Å². The van der Waals surface area contributed by atoms with Gasteiger partial charge in [-0.3, -0.25) is 4.79 Å². The molecule has 29 heavy (non-hydrogen) atoms. The second-order valence-electron chi connectivity index (χ2n) is 5.97. The van der Waals surface area contributed by atoms with E-state index in [0.717, 1.165) is 0 Å². The summed E-state index contributed by atoms with van der Waals surface area (Å²) in [6.45, 7) is 5.70. The zero-order valence-corrected chi connectivity index (χ0v) is 17.7. The number of benzene rings is 2. The van der Waals surface area contributed by atoms with E-state index in [1.807, 2.05) is 18.2 Å². The molecule has 7 heteroatoms. The second kappa shape index (κ2) is 12.1. The third-order valence-corrected chi connectivity index (χ3v) is 5.98. The molecule has 0 saturated carbocycles. The molecule has 0 N–H and O–H groups in total. The van der Waals surface area contributed by atoms with Crippen LogP contribution in [0, 0.1) is 0 Å². The highest BCUT2D eigenvalue weighted by molar-refractivity contribution is 8.76. The van der Waals surface area contributed by atoms with Gasteiger partial charge in [0, 0.05) is 28.2 Å². The van der Waals surface area contributed by atoms with E-state index in [1.54, 1.807) is 43.3 Å². The summed E-state index contributed by atoms with van der Waals surface area (Å²) in [5, 5.41) is 0. The molecule has 0 atom stereocenters. The van der Waals surface area contributed by atoms with Gasteiger partial charge in [0.2, 0.25) is 0 Å². The van der Waals surface area contributed by atoms with Crippen LogP contribution in [0.2, 0.25) is 0 Å². The van der Waals surface area contributed by atoms with Crippen LogP contribution in [0.4, 0.5) is 0 Å². The molecule has 0 heterocycles. The normalized spacial score (nSPS) is 10.2. The highest BCUT2D eigenvalue weighted by Gasteiger charge is 2.11. The molecule has 0 unspecified atom stereocenters. The van der Waals surface area contributed by atoms with Crippen LogP contribution in [0.5, 0.6) is 0 Å². The fourth-order valence-corrected chi connectivity index (χ4v) is 3.83. The maximum absolute atomic E-state index is 12.4. The molecular formula is C22H22O5S2. The van der Waals surface area contributed by atoms with E-state index < -0.39 is 5.97 Å². The van der Waals surface area contributed by atoms with Gasteiger partial charge < -0.3 is 9.47 Å². The lowest BCUT2D eigenvalue weighted by atomic mass is 10.0. The third-order valence-electron chi connectivity index (χ3n) is 3.65. The Kier molecular flexibility index (Phi) is 9.53. The summed E-state index contributed by atoms with van der Waals surface area (Å²) < 4.78 is 10.2. The van der Waals surface area contributed by atoms with Gasteiger partial charge in [0.1, 0.15) is 13.2 Å². The average Bonchev–Trinajstić information content (AvgIpc) is 2.75. The molecule has 0 fully saturated rings. The fraction of sp³-hybridized carbons (Fsp3) is 0.227. The van der Waals surface area contributed by atoms with Gasteiger partial charge in [-0.2, -0.15) is 0 Å². The van der Waals surface area contributed by atoms with Crippen molar-refractivity contribution in [3.8, 4) is 0 Å². The standard InChI is InChI=1S/C22H22O5S2/c1-16(2)21(24)26-12-14-28-29-15-13-27-22(25)19-10-8-18(9-11-19)20(23)17-6-4-3-5-7-17/h3-11H,1,12-15H2,2H3. The number of ether oxygens (including phenoxy) is 2. The molecule has 0 amide bonds. The molecule has 2 rings (SSSR count). The monoisotopic (exact) mass is 430 g/mol. The Labute approximate surface area is 178 Å². The Morgan fingerprint density at radius 3 is 1.90 bits per heavy atom. The van der Waals surface area contributed by atoms with Crippen LogP contribution in [-0.4, -0.2) is 42.4 Å². The molecular weight excluding hydrogens is 408 g/mol. The van der Waals surface area contributed by atoms with Gasteiger partial charge in [-0.05, 0) is 19.1 Å². The van der Waals surface area contributed by atoms with Crippen LogP contribution in [0.25, 0.3) is 0 Å². The molecule has 152 valence electrons. The van der Waals surface area contributed by atoms with E-state index in [4.69, 9.17) is 9.47 Å². The average molecular weight is 431 g/mol. The zero-order chi connectivity index (χ0) is 21.1. The summed E-state index contributed by atoms with van der Waals surface area (Å²) in [6, 6.07) is 15.4. The molecule has 2 aromatic carbocycles. The minimum atomic E-state index is -0.426. The molecule has 0 aliphatic carbocycles. The van der Waals surface area contributed by atoms with Gasteiger partial charge in [-0.25, -0.2) is 9.59 Å². The van der Waals surface area contributed by atoms with Crippen molar-refractivity contribution in [3.63, 3.8) is 0 Å². The SMILES string of the molecule is C=C(C)C(=O)OCCSSCCOC(=O)c1ccc(C(=O)c2ccccc2)cc1. The van der Waals surface area contributed by atoms with Gasteiger partial charge in [0.15, 0.2) is 5.78 Å². The van der Waals surface area contributed by atoms with E-state index in [1.165, 1.54) is 21.6 Å². The number of hydrogen-bond donors (Lipinski definition) is 0. The number of carbonyl (C=O) groups is 3. The molecule has 5 nitrogen and oxygen atoms in total. The maximum Gasteiger partial charge on any atom is 0.338 e. The first-order valence-electron chi connectivity index (χ1n) is 8.93. The Bertz CT molecular complexity index is 847. The van der Waals surface area contributed by atoms with Gasteiger partial charge in [0.05, 0.1) is 5.56 Å². The molecule has 0 aliphatic heterocycles. The summed E-state index contributed by atoms with van der Waals surface area (Å²) in [5.41, 5.74) is 1.91. The molecule has 0 bridgehead atoms. The fourth-order valence-electron chi connectivity index (χ4n) is 2.18. The van der Waals surface area contributed by atoms with Crippen molar-refractivity contribution in [1.82, 2.24) is 0 Å². The van der Waals surface area contributed by atoms with E-state index in [2.05, 4.69) is 6.58 Å². The Hall–Kier alpha value is -2.51. The van der Waals surface area contributed by atoms with Crippen molar-refractivity contribution < 1.29 is 23.9 Å². The summed E-state index contributed by atoms with van der Waals surface area (Å²) in [5.74, 6) is 0.364.